The van der Waals surface area contributed by atoms with Gasteiger partial charge in [0.15, 0.2) is 0 Å². The highest BCUT2D eigenvalue weighted by Crippen LogP contribution is 2.25. The number of benzene rings is 1. The smallest absolute Gasteiger partial charge is 0.387 e. The molecule has 2 N–H and O–H groups in total. The minimum atomic E-state index is -2.95. The zero-order valence-corrected chi connectivity index (χ0v) is 12.3. The molecule has 22 heavy (non-hydrogen) atoms. The lowest BCUT2D eigenvalue weighted by Gasteiger charge is -2.33. The number of carbonyl (C=O) groups excluding carboxylic acids is 1. The van der Waals surface area contributed by atoms with Gasteiger partial charge in [-0.25, -0.2) is 0 Å². The van der Waals surface area contributed by atoms with Crippen molar-refractivity contribution in [3.63, 3.8) is 0 Å². The van der Waals surface area contributed by atoms with E-state index in [1.54, 1.807) is 12.1 Å². The fourth-order valence-electron chi connectivity index (χ4n) is 2.42. The summed E-state index contributed by atoms with van der Waals surface area (Å²) < 4.78 is 29.0. The summed E-state index contributed by atoms with van der Waals surface area (Å²) in [6, 6.07) is 6.05. The zero-order valence-electron chi connectivity index (χ0n) is 12.3. The van der Waals surface area contributed by atoms with Crippen LogP contribution in [0.2, 0.25) is 0 Å². The molecule has 2 rings (SSSR count). The van der Waals surface area contributed by atoms with Gasteiger partial charge in [0, 0.05) is 6.54 Å². The van der Waals surface area contributed by atoms with Gasteiger partial charge in [-0.05, 0) is 31.0 Å². The van der Waals surface area contributed by atoms with Crippen molar-refractivity contribution in [2.75, 3.05) is 25.0 Å². The molecule has 1 aromatic rings. The summed E-state index contributed by atoms with van der Waals surface area (Å²) in [5.41, 5.74) is 0.207. The van der Waals surface area contributed by atoms with Crippen LogP contribution in [0.5, 0.6) is 5.75 Å². The molecule has 1 aromatic carbocycles. The predicted molar refractivity (Wildman–Crippen MR) is 77.9 cm³/mol. The average Bonchev–Trinajstić information content (AvgIpc) is 2.44. The molecule has 0 bridgehead atoms. The number of aliphatic hydroxyl groups excluding tert-OH is 1. The number of halogens is 2. The van der Waals surface area contributed by atoms with Crippen LogP contribution in [0, 0.1) is 5.92 Å². The number of β-amino-alcohol motifs (C(OH)–C–C–N with tert-alkyl or cyclic N) is 1. The Balaban J connectivity index is 1.92. The molecule has 1 fully saturated rings. The van der Waals surface area contributed by atoms with E-state index in [1.165, 1.54) is 12.1 Å². The number of hydrogen-bond acceptors (Lipinski definition) is 4. The van der Waals surface area contributed by atoms with Crippen molar-refractivity contribution in [2.45, 2.75) is 26.1 Å². The lowest BCUT2D eigenvalue weighted by atomic mass is 9.96. The number of carbonyl (C=O) groups is 1. The first kappa shape index (κ1) is 16.6. The number of aliphatic hydroxyl groups is 1. The Morgan fingerprint density at radius 1 is 1.50 bits per heavy atom. The van der Waals surface area contributed by atoms with E-state index in [9.17, 15) is 18.7 Å². The lowest BCUT2D eigenvalue weighted by molar-refractivity contribution is -0.118. The number of hydrogen-bond donors (Lipinski definition) is 2. The maximum absolute atomic E-state index is 12.3. The van der Waals surface area contributed by atoms with Crippen molar-refractivity contribution < 1.29 is 23.4 Å². The molecule has 0 spiro atoms. The third-order valence-corrected chi connectivity index (χ3v) is 3.75. The molecule has 2 atom stereocenters. The first-order chi connectivity index (χ1) is 10.5. The van der Waals surface area contributed by atoms with Gasteiger partial charge in [-0.2, -0.15) is 8.78 Å². The minimum absolute atomic E-state index is 0.0712. The van der Waals surface area contributed by atoms with Crippen LogP contribution < -0.4 is 10.1 Å². The van der Waals surface area contributed by atoms with Gasteiger partial charge in [-0.3, -0.25) is 9.69 Å². The molecule has 122 valence electrons. The number of para-hydroxylation sites is 2. The Morgan fingerprint density at radius 3 is 2.91 bits per heavy atom. The van der Waals surface area contributed by atoms with E-state index in [2.05, 4.69) is 10.1 Å². The maximum Gasteiger partial charge on any atom is 0.387 e. The quantitative estimate of drug-likeness (QED) is 0.872. The van der Waals surface area contributed by atoms with E-state index in [-0.39, 0.29) is 29.8 Å². The second-order valence-corrected chi connectivity index (χ2v) is 5.49. The molecule has 5 nitrogen and oxygen atoms in total. The monoisotopic (exact) mass is 314 g/mol. The molecule has 0 radical (unpaired) electrons. The first-order valence-electron chi connectivity index (χ1n) is 7.20. The van der Waals surface area contributed by atoms with Gasteiger partial charge >= 0.3 is 6.61 Å². The van der Waals surface area contributed by atoms with E-state index >= 15 is 0 Å². The molecule has 0 aromatic heterocycles. The molecule has 1 saturated heterocycles. The maximum atomic E-state index is 12.3. The van der Waals surface area contributed by atoms with E-state index in [1.807, 2.05) is 11.8 Å². The summed E-state index contributed by atoms with van der Waals surface area (Å²) >= 11 is 0. The topological polar surface area (TPSA) is 61.8 Å². The van der Waals surface area contributed by atoms with Gasteiger partial charge in [-0.15, -0.1) is 0 Å². The van der Waals surface area contributed by atoms with Gasteiger partial charge in [0.1, 0.15) is 5.75 Å². The number of ether oxygens (including phenoxy) is 1. The number of anilines is 1. The molecule has 1 heterocycles. The van der Waals surface area contributed by atoms with Crippen LogP contribution in [0.25, 0.3) is 0 Å². The van der Waals surface area contributed by atoms with E-state index in [0.29, 0.717) is 6.54 Å². The number of rotatable bonds is 5. The molecular weight excluding hydrogens is 294 g/mol. The largest absolute Gasteiger partial charge is 0.433 e. The van der Waals surface area contributed by atoms with E-state index in [4.69, 9.17) is 0 Å². The molecule has 0 saturated carbocycles. The van der Waals surface area contributed by atoms with Crippen molar-refractivity contribution in [1.29, 1.82) is 0 Å². The van der Waals surface area contributed by atoms with Gasteiger partial charge < -0.3 is 15.2 Å². The summed E-state index contributed by atoms with van der Waals surface area (Å²) in [5, 5.41) is 12.4. The molecular formula is C15H20F2N2O3. The standard InChI is InChI=1S/C15H20F2N2O3/c1-10-6-7-19(8-12(10)20)9-14(21)18-11-4-2-3-5-13(11)22-15(16)17/h2-5,10,12,15,20H,6-9H2,1H3,(H,18,21). The van der Waals surface area contributed by atoms with Gasteiger partial charge in [-0.1, -0.05) is 19.1 Å². The van der Waals surface area contributed by atoms with Crippen LogP contribution in [0.1, 0.15) is 13.3 Å². The Kier molecular flexibility index (Phi) is 5.68. The molecule has 2 unspecified atom stereocenters. The zero-order chi connectivity index (χ0) is 16.1. The number of alkyl halides is 2. The second-order valence-electron chi connectivity index (χ2n) is 5.49. The number of piperidine rings is 1. The van der Waals surface area contributed by atoms with Crippen LogP contribution in [0.3, 0.4) is 0 Å². The molecule has 1 amide bonds. The van der Waals surface area contributed by atoms with Gasteiger partial charge in [0.05, 0.1) is 18.3 Å². The fourth-order valence-corrected chi connectivity index (χ4v) is 2.42. The Morgan fingerprint density at radius 2 is 2.23 bits per heavy atom. The summed E-state index contributed by atoms with van der Waals surface area (Å²) in [6.45, 7) is 0.286. The number of amides is 1. The highest BCUT2D eigenvalue weighted by molar-refractivity contribution is 5.93. The van der Waals surface area contributed by atoms with Crippen molar-refractivity contribution in [3.8, 4) is 5.75 Å². The lowest BCUT2D eigenvalue weighted by Crippen LogP contribution is -2.45. The van der Waals surface area contributed by atoms with Crippen LogP contribution in [-0.4, -0.2) is 48.3 Å². The Labute approximate surface area is 127 Å². The van der Waals surface area contributed by atoms with E-state index < -0.39 is 12.7 Å². The Bertz CT molecular complexity index is 513. The van der Waals surface area contributed by atoms with Crippen molar-refractivity contribution in [1.82, 2.24) is 4.90 Å². The van der Waals surface area contributed by atoms with Crippen LogP contribution >= 0.6 is 0 Å². The number of likely N-dealkylation sites (tertiary alicyclic amines) is 1. The highest BCUT2D eigenvalue weighted by atomic mass is 19.3. The average molecular weight is 314 g/mol. The van der Waals surface area contributed by atoms with Crippen LogP contribution in [0.4, 0.5) is 14.5 Å². The van der Waals surface area contributed by atoms with Gasteiger partial charge in [0.2, 0.25) is 5.91 Å². The van der Waals surface area contributed by atoms with Crippen molar-refractivity contribution in [3.05, 3.63) is 24.3 Å². The molecule has 0 aliphatic carbocycles. The molecule has 1 aliphatic rings. The predicted octanol–water partition coefficient (Wildman–Crippen LogP) is 1.93. The fraction of sp³-hybridized carbons (Fsp3) is 0.533. The summed E-state index contributed by atoms with van der Waals surface area (Å²) in [7, 11) is 0. The third kappa shape index (κ3) is 4.64. The van der Waals surface area contributed by atoms with Crippen molar-refractivity contribution in [2.24, 2.45) is 5.92 Å². The minimum Gasteiger partial charge on any atom is -0.433 e. The normalized spacial score (nSPS) is 22.6. The van der Waals surface area contributed by atoms with E-state index in [0.717, 1.165) is 13.0 Å². The molecule has 7 heteroatoms. The Hall–Kier alpha value is -1.73. The van der Waals surface area contributed by atoms with Gasteiger partial charge in [0.25, 0.3) is 0 Å². The summed E-state index contributed by atoms with van der Waals surface area (Å²) in [4.78, 5) is 13.9. The second kappa shape index (κ2) is 7.51. The third-order valence-electron chi connectivity index (χ3n) is 3.75. The van der Waals surface area contributed by atoms with Crippen molar-refractivity contribution >= 4 is 11.6 Å². The number of nitrogens with one attached hydrogen (secondary N) is 1. The first-order valence-corrected chi connectivity index (χ1v) is 7.20. The SMILES string of the molecule is CC1CCN(CC(=O)Nc2ccccc2OC(F)F)CC1O. The summed E-state index contributed by atoms with van der Waals surface area (Å²) in [6.07, 6.45) is 0.371. The number of nitrogens with zero attached hydrogens (tertiary/aromatic N) is 1. The highest BCUT2D eigenvalue weighted by Gasteiger charge is 2.25. The summed E-state index contributed by atoms with van der Waals surface area (Å²) in [5.74, 6) is -0.176. The molecule has 1 aliphatic heterocycles. The van der Waals surface area contributed by atoms with Crippen LogP contribution in [-0.2, 0) is 4.79 Å². The van der Waals surface area contributed by atoms with Crippen LogP contribution in [0.15, 0.2) is 24.3 Å².